The fourth-order valence-corrected chi connectivity index (χ4v) is 3.88. The van der Waals surface area contributed by atoms with Crippen LogP contribution in [0.3, 0.4) is 0 Å². The van der Waals surface area contributed by atoms with Crippen molar-refractivity contribution in [2.24, 2.45) is 5.92 Å². The van der Waals surface area contributed by atoms with Crippen molar-refractivity contribution in [3.8, 4) is 0 Å². The largest absolute Gasteiger partial charge is 0.458 e. The van der Waals surface area contributed by atoms with E-state index in [4.69, 9.17) is 9.15 Å². The quantitative estimate of drug-likeness (QED) is 0.391. The van der Waals surface area contributed by atoms with Crippen molar-refractivity contribution in [1.29, 1.82) is 0 Å². The number of ketones is 1. The molecule has 2 rings (SSSR count). The molecule has 0 spiro atoms. The highest BCUT2D eigenvalue weighted by Gasteiger charge is 2.27. The zero-order valence-electron chi connectivity index (χ0n) is 19.4. The zero-order chi connectivity index (χ0) is 24.1. The molecule has 0 aliphatic heterocycles. The number of carbonyl (C=O) groups excluding carboxylic acids is 3. The van der Waals surface area contributed by atoms with Crippen LogP contribution in [0, 0.1) is 5.92 Å². The molecule has 2 atom stereocenters. The molecule has 2 amide bonds. The van der Waals surface area contributed by atoms with Crippen molar-refractivity contribution in [3.05, 3.63) is 48.5 Å². The number of rotatable bonds is 14. The summed E-state index contributed by atoms with van der Waals surface area (Å²) >= 11 is 1.30. The van der Waals surface area contributed by atoms with Crippen LogP contribution in [-0.2, 0) is 20.9 Å². The van der Waals surface area contributed by atoms with Gasteiger partial charge in [-0.2, -0.15) is 0 Å². The molecular formula is C24H33N3O5S. The number of amides is 2. The third-order valence-electron chi connectivity index (χ3n) is 4.80. The summed E-state index contributed by atoms with van der Waals surface area (Å²) < 4.78 is 10.5. The molecule has 0 fully saturated rings. The predicted octanol–water partition coefficient (Wildman–Crippen LogP) is 4.35. The molecule has 0 aromatic carbocycles. The minimum atomic E-state index is -0.809. The Kier molecular flexibility index (Phi) is 11.5. The molecule has 2 aromatic heterocycles. The van der Waals surface area contributed by atoms with E-state index in [1.807, 2.05) is 20.8 Å². The maximum absolute atomic E-state index is 13.0. The molecule has 33 heavy (non-hydrogen) atoms. The second kappa shape index (κ2) is 14.4. The third kappa shape index (κ3) is 10.1. The van der Waals surface area contributed by atoms with Crippen molar-refractivity contribution in [1.82, 2.24) is 15.6 Å². The van der Waals surface area contributed by atoms with E-state index in [0.29, 0.717) is 23.6 Å². The van der Waals surface area contributed by atoms with Gasteiger partial charge in [-0.3, -0.25) is 14.6 Å². The highest BCUT2D eigenvalue weighted by atomic mass is 32.2. The summed E-state index contributed by atoms with van der Waals surface area (Å²) in [6, 6.07) is 7.44. The van der Waals surface area contributed by atoms with Gasteiger partial charge in [0.05, 0.1) is 23.8 Å². The molecule has 0 radical (unpaired) electrons. The maximum Gasteiger partial charge on any atom is 0.408 e. The average Bonchev–Trinajstić information content (AvgIpc) is 3.32. The summed E-state index contributed by atoms with van der Waals surface area (Å²) in [7, 11) is 0. The lowest BCUT2D eigenvalue weighted by atomic mass is 10.0. The van der Waals surface area contributed by atoms with E-state index in [1.165, 1.54) is 11.8 Å². The van der Waals surface area contributed by atoms with Crippen LogP contribution in [0.2, 0.25) is 0 Å². The maximum atomic E-state index is 13.0. The summed E-state index contributed by atoms with van der Waals surface area (Å²) in [4.78, 5) is 42.3. The van der Waals surface area contributed by atoms with E-state index in [0.717, 1.165) is 12.8 Å². The molecular weight excluding hydrogens is 442 g/mol. The van der Waals surface area contributed by atoms with Gasteiger partial charge in [0.25, 0.3) is 0 Å². The Labute approximate surface area is 199 Å². The first-order chi connectivity index (χ1) is 15.9. The van der Waals surface area contributed by atoms with Crippen LogP contribution < -0.4 is 10.6 Å². The molecule has 1 unspecified atom stereocenters. The standard InChI is InChI=1S/C24H33N3O5S/c1-4-5-10-19(21(28)16-33-22-11-8-13-31-22)26-23(29)20(14-17(2)3)27-24(30)32-15-18-9-6-7-12-25-18/h6-9,11-13,17,19-20H,4-5,10,14-16H2,1-3H3,(H,26,29)(H,27,30)/t19?,20-/m0/s1. The zero-order valence-corrected chi connectivity index (χ0v) is 20.2. The topological polar surface area (TPSA) is 111 Å². The highest BCUT2D eigenvalue weighted by Crippen LogP contribution is 2.19. The number of nitrogens with zero attached hydrogens (tertiary/aromatic N) is 1. The lowest BCUT2D eigenvalue weighted by Gasteiger charge is -2.23. The van der Waals surface area contributed by atoms with E-state index in [2.05, 4.69) is 15.6 Å². The number of furan rings is 1. The fraction of sp³-hybridized carbons (Fsp3) is 0.500. The summed E-state index contributed by atoms with van der Waals surface area (Å²) in [5.41, 5.74) is 0.608. The van der Waals surface area contributed by atoms with Crippen LogP contribution in [0.1, 0.15) is 52.1 Å². The monoisotopic (exact) mass is 475 g/mol. The van der Waals surface area contributed by atoms with Gasteiger partial charge in [-0.1, -0.05) is 51.4 Å². The first-order valence-electron chi connectivity index (χ1n) is 11.2. The SMILES string of the molecule is CCCCC(NC(=O)[C@H](CC(C)C)NC(=O)OCc1ccccn1)C(=O)CSc1ccco1. The first-order valence-corrected chi connectivity index (χ1v) is 12.2. The number of Topliss-reactive ketones (excluding diaryl/α,β-unsaturated/α-hetero) is 1. The number of thioether (sulfide) groups is 1. The van der Waals surface area contributed by atoms with Gasteiger partial charge in [-0.25, -0.2) is 4.79 Å². The van der Waals surface area contributed by atoms with Gasteiger partial charge in [0.2, 0.25) is 5.91 Å². The summed E-state index contributed by atoms with van der Waals surface area (Å²) in [6.07, 6.45) is 5.13. The lowest BCUT2D eigenvalue weighted by molar-refractivity contribution is -0.128. The fourth-order valence-electron chi connectivity index (χ4n) is 3.09. The molecule has 0 aliphatic rings. The molecule has 0 aliphatic carbocycles. The Hall–Kier alpha value is -2.81. The van der Waals surface area contributed by atoms with Crippen LogP contribution in [0.25, 0.3) is 0 Å². The van der Waals surface area contributed by atoms with Crippen molar-refractivity contribution < 1.29 is 23.5 Å². The van der Waals surface area contributed by atoms with Gasteiger partial charge in [0.15, 0.2) is 10.9 Å². The van der Waals surface area contributed by atoms with E-state index in [1.54, 1.807) is 42.8 Å². The third-order valence-corrected chi connectivity index (χ3v) is 5.74. The number of alkyl carbamates (subject to hydrolysis) is 1. The first kappa shape index (κ1) is 26.4. The van der Waals surface area contributed by atoms with Crippen LogP contribution in [0.15, 0.2) is 52.3 Å². The number of hydrogen-bond acceptors (Lipinski definition) is 7. The molecule has 0 saturated heterocycles. The van der Waals surface area contributed by atoms with Gasteiger partial charge in [-0.15, -0.1) is 0 Å². The molecule has 0 bridgehead atoms. The number of unbranched alkanes of at least 4 members (excludes halogenated alkanes) is 1. The van der Waals surface area contributed by atoms with Crippen LogP contribution in [0.5, 0.6) is 0 Å². The number of nitrogens with one attached hydrogen (secondary N) is 2. The van der Waals surface area contributed by atoms with Crippen LogP contribution in [0.4, 0.5) is 4.79 Å². The lowest BCUT2D eigenvalue weighted by Crippen LogP contribution is -2.52. The Morgan fingerprint density at radius 3 is 2.58 bits per heavy atom. The van der Waals surface area contributed by atoms with Crippen molar-refractivity contribution in [2.75, 3.05) is 5.75 Å². The molecule has 0 saturated carbocycles. The molecule has 9 heteroatoms. The predicted molar refractivity (Wildman–Crippen MR) is 127 cm³/mol. The molecule has 2 N–H and O–H groups in total. The number of carbonyl (C=O) groups is 3. The van der Waals surface area contributed by atoms with Gasteiger partial charge in [0.1, 0.15) is 12.6 Å². The van der Waals surface area contributed by atoms with E-state index < -0.39 is 24.1 Å². The average molecular weight is 476 g/mol. The minimum Gasteiger partial charge on any atom is -0.458 e. The summed E-state index contributed by atoms with van der Waals surface area (Å²) in [5, 5.41) is 6.14. The Balaban J connectivity index is 1.96. The van der Waals surface area contributed by atoms with Crippen molar-refractivity contribution in [3.63, 3.8) is 0 Å². The second-order valence-electron chi connectivity index (χ2n) is 8.11. The Bertz CT molecular complexity index is 858. The minimum absolute atomic E-state index is 0.00427. The van der Waals surface area contributed by atoms with Gasteiger partial charge in [-0.05, 0) is 43.0 Å². The molecule has 2 aromatic rings. The van der Waals surface area contributed by atoms with Crippen molar-refractivity contribution in [2.45, 2.75) is 70.2 Å². The smallest absolute Gasteiger partial charge is 0.408 e. The number of aromatic nitrogens is 1. The summed E-state index contributed by atoms with van der Waals surface area (Å²) in [6.45, 7) is 5.95. The molecule has 180 valence electrons. The van der Waals surface area contributed by atoms with E-state index in [-0.39, 0.29) is 24.1 Å². The van der Waals surface area contributed by atoms with Gasteiger partial charge in [0, 0.05) is 6.20 Å². The van der Waals surface area contributed by atoms with Crippen molar-refractivity contribution >= 4 is 29.5 Å². The van der Waals surface area contributed by atoms with Gasteiger partial charge >= 0.3 is 6.09 Å². The normalized spacial score (nSPS) is 12.7. The highest BCUT2D eigenvalue weighted by molar-refractivity contribution is 7.99. The Morgan fingerprint density at radius 1 is 1.12 bits per heavy atom. The van der Waals surface area contributed by atoms with Crippen LogP contribution >= 0.6 is 11.8 Å². The number of hydrogen-bond donors (Lipinski definition) is 2. The number of pyridine rings is 1. The van der Waals surface area contributed by atoms with Crippen LogP contribution in [-0.4, -0.2) is 40.6 Å². The second-order valence-corrected chi connectivity index (χ2v) is 9.09. The molecule has 2 heterocycles. The summed E-state index contributed by atoms with van der Waals surface area (Å²) in [5.74, 6) is -0.136. The molecule has 8 nitrogen and oxygen atoms in total. The number of ether oxygens (including phenoxy) is 1. The van der Waals surface area contributed by atoms with E-state index in [9.17, 15) is 14.4 Å². The van der Waals surface area contributed by atoms with E-state index >= 15 is 0 Å². The van der Waals surface area contributed by atoms with Gasteiger partial charge < -0.3 is 19.8 Å². The Morgan fingerprint density at radius 2 is 1.94 bits per heavy atom.